The van der Waals surface area contributed by atoms with Crippen LogP contribution in [0.3, 0.4) is 0 Å². The Bertz CT molecular complexity index is 586. The lowest BCUT2D eigenvalue weighted by molar-refractivity contribution is -0.121. The van der Waals surface area contributed by atoms with Crippen molar-refractivity contribution in [1.29, 1.82) is 0 Å². The van der Waals surface area contributed by atoms with E-state index in [1.54, 1.807) is 6.92 Å². The smallest absolute Gasteiger partial charge is 0.407 e. The van der Waals surface area contributed by atoms with Crippen molar-refractivity contribution in [1.82, 2.24) is 5.32 Å². The topological polar surface area (TPSA) is 75.7 Å². The number of halogens is 2. The lowest BCUT2D eigenvalue weighted by Gasteiger charge is -2.16. The molecule has 1 heterocycles. The maximum absolute atomic E-state index is 12.2. The van der Waals surface area contributed by atoms with Crippen LogP contribution in [0.1, 0.15) is 13.3 Å². The third-order valence-electron chi connectivity index (χ3n) is 2.82. The normalized spacial score (nSPS) is 18.0. The van der Waals surface area contributed by atoms with Gasteiger partial charge in [-0.1, -0.05) is 23.2 Å². The van der Waals surface area contributed by atoms with Crippen molar-refractivity contribution in [2.75, 3.05) is 11.5 Å². The van der Waals surface area contributed by atoms with Gasteiger partial charge in [0.2, 0.25) is 5.91 Å². The van der Waals surface area contributed by atoms with Gasteiger partial charge in [-0.05, 0) is 25.1 Å². The minimum Gasteiger partial charge on any atom is -0.450 e. The molecule has 1 aromatic carbocycles. The van der Waals surface area contributed by atoms with Crippen molar-refractivity contribution in [3.8, 4) is 0 Å². The van der Waals surface area contributed by atoms with E-state index in [0.717, 1.165) is 4.90 Å². The van der Waals surface area contributed by atoms with Crippen molar-refractivity contribution in [2.45, 2.75) is 19.4 Å². The van der Waals surface area contributed by atoms with E-state index in [9.17, 15) is 14.4 Å². The van der Waals surface area contributed by atoms with Gasteiger partial charge in [-0.2, -0.15) is 0 Å². The Morgan fingerprint density at radius 2 is 1.95 bits per heavy atom. The number of hydrogen-bond acceptors (Lipinski definition) is 4. The minimum atomic E-state index is -0.950. The average Bonchev–Trinajstić information content (AvgIpc) is 2.63. The molecule has 0 radical (unpaired) electrons. The molecule has 1 aromatic rings. The number of amides is 3. The molecule has 112 valence electrons. The van der Waals surface area contributed by atoms with Crippen molar-refractivity contribution >= 4 is 46.8 Å². The van der Waals surface area contributed by atoms with Crippen molar-refractivity contribution in [3.63, 3.8) is 0 Å². The predicted octanol–water partition coefficient (Wildman–Crippen LogP) is 2.37. The zero-order chi connectivity index (χ0) is 15.6. The molecule has 6 nitrogen and oxygen atoms in total. The number of carbonyl (C=O) groups excluding carboxylic acids is 3. The number of anilines is 1. The summed E-state index contributed by atoms with van der Waals surface area (Å²) in [6, 6.07) is 3.45. The minimum absolute atomic E-state index is 0.137. The number of nitrogens with one attached hydrogen (secondary N) is 1. The Balaban J connectivity index is 2.20. The van der Waals surface area contributed by atoms with E-state index in [0.29, 0.717) is 10.0 Å². The number of carbonyl (C=O) groups is 3. The number of alkyl carbamates (subject to hydrolysis) is 1. The maximum Gasteiger partial charge on any atom is 0.407 e. The second-order valence-corrected chi connectivity index (χ2v) is 5.19. The molecule has 21 heavy (non-hydrogen) atoms. The van der Waals surface area contributed by atoms with E-state index in [4.69, 9.17) is 27.9 Å². The Morgan fingerprint density at radius 3 is 2.52 bits per heavy atom. The Labute approximate surface area is 130 Å². The Morgan fingerprint density at radius 1 is 1.33 bits per heavy atom. The first-order valence-corrected chi connectivity index (χ1v) is 6.94. The van der Waals surface area contributed by atoms with Crippen LogP contribution in [0.5, 0.6) is 0 Å². The molecule has 2 rings (SSSR count). The fourth-order valence-electron chi connectivity index (χ4n) is 2.00. The molecule has 1 aliphatic rings. The van der Waals surface area contributed by atoms with Crippen LogP contribution >= 0.6 is 23.2 Å². The quantitative estimate of drug-likeness (QED) is 0.863. The van der Waals surface area contributed by atoms with Crippen LogP contribution in [0.15, 0.2) is 18.2 Å². The first kappa shape index (κ1) is 15.6. The summed E-state index contributed by atoms with van der Waals surface area (Å²) in [5.41, 5.74) is 0.274. The number of imide groups is 1. The summed E-state index contributed by atoms with van der Waals surface area (Å²) in [5, 5.41) is 2.96. The van der Waals surface area contributed by atoms with E-state index >= 15 is 0 Å². The zero-order valence-electron chi connectivity index (χ0n) is 11.1. The highest BCUT2D eigenvalue weighted by atomic mass is 35.5. The summed E-state index contributed by atoms with van der Waals surface area (Å²) in [6.45, 7) is 1.82. The van der Waals surface area contributed by atoms with Gasteiger partial charge < -0.3 is 10.1 Å². The van der Waals surface area contributed by atoms with Gasteiger partial charge in [-0.3, -0.25) is 9.59 Å². The lowest BCUT2D eigenvalue weighted by atomic mass is 10.2. The van der Waals surface area contributed by atoms with Crippen LogP contribution < -0.4 is 10.2 Å². The number of hydrogen-bond donors (Lipinski definition) is 1. The molecule has 1 aliphatic heterocycles. The standard InChI is InChI=1S/C13H12Cl2N2O4/c1-2-21-13(20)16-10-6-11(18)17(12(10)19)9-4-7(14)3-8(15)5-9/h3-5,10H,2,6H2,1H3,(H,16,20). The molecule has 3 amide bonds. The van der Waals surface area contributed by atoms with Gasteiger partial charge in [0, 0.05) is 10.0 Å². The highest BCUT2D eigenvalue weighted by Crippen LogP contribution is 2.29. The van der Waals surface area contributed by atoms with E-state index in [2.05, 4.69) is 5.32 Å². The summed E-state index contributed by atoms with van der Waals surface area (Å²) in [4.78, 5) is 36.5. The van der Waals surface area contributed by atoms with Gasteiger partial charge in [0.1, 0.15) is 6.04 Å². The lowest BCUT2D eigenvalue weighted by Crippen LogP contribution is -2.42. The first-order valence-electron chi connectivity index (χ1n) is 6.18. The third-order valence-corrected chi connectivity index (χ3v) is 3.26. The highest BCUT2D eigenvalue weighted by molar-refractivity contribution is 6.35. The second kappa shape index (κ2) is 6.32. The highest BCUT2D eigenvalue weighted by Gasteiger charge is 2.40. The molecule has 0 saturated carbocycles. The van der Waals surface area contributed by atoms with E-state index in [-0.39, 0.29) is 18.7 Å². The van der Waals surface area contributed by atoms with Crippen molar-refractivity contribution in [3.05, 3.63) is 28.2 Å². The van der Waals surface area contributed by atoms with Gasteiger partial charge in [0.25, 0.3) is 5.91 Å². The molecular formula is C13H12Cl2N2O4. The van der Waals surface area contributed by atoms with Crippen LogP contribution in [0.4, 0.5) is 10.5 Å². The molecular weight excluding hydrogens is 319 g/mol. The molecule has 0 aromatic heterocycles. The van der Waals surface area contributed by atoms with Crippen LogP contribution in [0.25, 0.3) is 0 Å². The molecule has 0 aliphatic carbocycles. The molecule has 1 atom stereocenters. The molecule has 0 spiro atoms. The van der Waals surface area contributed by atoms with Crippen LogP contribution in [-0.2, 0) is 14.3 Å². The monoisotopic (exact) mass is 330 g/mol. The fourth-order valence-corrected chi connectivity index (χ4v) is 2.51. The van der Waals surface area contributed by atoms with Gasteiger partial charge in [0.15, 0.2) is 0 Å². The summed E-state index contributed by atoms with van der Waals surface area (Å²) in [6.07, 6.45) is -0.878. The number of rotatable bonds is 3. The van der Waals surface area contributed by atoms with Crippen molar-refractivity contribution in [2.24, 2.45) is 0 Å². The zero-order valence-corrected chi connectivity index (χ0v) is 12.6. The van der Waals surface area contributed by atoms with Gasteiger partial charge >= 0.3 is 6.09 Å². The second-order valence-electron chi connectivity index (χ2n) is 4.32. The van der Waals surface area contributed by atoms with E-state index in [1.165, 1.54) is 18.2 Å². The van der Waals surface area contributed by atoms with Gasteiger partial charge in [-0.25, -0.2) is 9.69 Å². The largest absolute Gasteiger partial charge is 0.450 e. The molecule has 1 fully saturated rings. The first-order chi connectivity index (χ1) is 9.92. The van der Waals surface area contributed by atoms with Crippen LogP contribution in [-0.4, -0.2) is 30.6 Å². The van der Waals surface area contributed by atoms with Crippen LogP contribution in [0.2, 0.25) is 10.0 Å². The number of ether oxygens (including phenoxy) is 1. The average molecular weight is 331 g/mol. The SMILES string of the molecule is CCOC(=O)NC1CC(=O)N(c2cc(Cl)cc(Cl)c2)C1=O. The Kier molecular flexibility index (Phi) is 4.69. The molecule has 0 bridgehead atoms. The van der Waals surface area contributed by atoms with Gasteiger partial charge in [0.05, 0.1) is 18.7 Å². The van der Waals surface area contributed by atoms with E-state index in [1.807, 2.05) is 0 Å². The molecule has 1 N–H and O–H groups in total. The third kappa shape index (κ3) is 3.46. The summed E-state index contributed by atoms with van der Waals surface area (Å²) in [5.74, 6) is -0.994. The van der Waals surface area contributed by atoms with E-state index < -0.39 is 23.9 Å². The predicted molar refractivity (Wildman–Crippen MR) is 77.5 cm³/mol. The number of nitrogens with zero attached hydrogens (tertiary/aromatic N) is 1. The van der Waals surface area contributed by atoms with Gasteiger partial charge in [-0.15, -0.1) is 0 Å². The summed E-state index contributed by atoms with van der Waals surface area (Å²) in [7, 11) is 0. The molecule has 1 unspecified atom stereocenters. The Hall–Kier alpha value is -1.79. The molecule has 1 saturated heterocycles. The van der Waals surface area contributed by atoms with Crippen molar-refractivity contribution < 1.29 is 19.1 Å². The summed E-state index contributed by atoms with van der Waals surface area (Å²) >= 11 is 11.7. The van der Waals surface area contributed by atoms with Crippen LogP contribution in [0, 0.1) is 0 Å². The summed E-state index contributed by atoms with van der Waals surface area (Å²) < 4.78 is 4.69. The maximum atomic E-state index is 12.2. The fraction of sp³-hybridized carbons (Fsp3) is 0.308. The number of benzene rings is 1. The molecule has 8 heteroatoms.